The number of carbonyl (C=O) groups is 1. The third kappa shape index (κ3) is 3.96. The van der Waals surface area contributed by atoms with Crippen molar-refractivity contribution in [2.45, 2.75) is 20.8 Å². The van der Waals surface area contributed by atoms with Crippen molar-refractivity contribution in [1.82, 2.24) is 4.98 Å². The molecule has 0 aliphatic heterocycles. The van der Waals surface area contributed by atoms with Crippen LogP contribution in [0.1, 0.15) is 31.1 Å². The van der Waals surface area contributed by atoms with E-state index in [2.05, 4.69) is 32.8 Å². The van der Waals surface area contributed by atoms with Crippen LogP contribution in [0, 0.1) is 17.3 Å². The molecule has 0 aromatic carbocycles. The van der Waals surface area contributed by atoms with Crippen LogP contribution in [-0.2, 0) is 0 Å². The molecule has 0 amide bonds. The van der Waals surface area contributed by atoms with E-state index < -0.39 is 0 Å². The van der Waals surface area contributed by atoms with Gasteiger partial charge in [0.1, 0.15) is 5.15 Å². The summed E-state index contributed by atoms with van der Waals surface area (Å²) in [6, 6.07) is 1.62. The molecule has 0 aliphatic rings. The largest absolute Gasteiger partial charge is 0.279 e. The van der Waals surface area contributed by atoms with E-state index in [4.69, 9.17) is 11.6 Å². The summed E-state index contributed by atoms with van der Waals surface area (Å²) >= 11 is 9.05. The summed E-state index contributed by atoms with van der Waals surface area (Å²) < 4.78 is 0.706. The second-order valence-electron chi connectivity index (χ2n) is 4.32. The summed E-state index contributed by atoms with van der Waals surface area (Å²) in [5, 5.41) is 0.177. The van der Waals surface area contributed by atoms with Gasteiger partial charge < -0.3 is 0 Å². The molecule has 1 heterocycles. The molecule has 2 nitrogen and oxygen atoms in total. The number of hydrogen-bond donors (Lipinski definition) is 0. The quantitative estimate of drug-likeness (QED) is 0.342. The van der Waals surface area contributed by atoms with Crippen molar-refractivity contribution in [2.24, 2.45) is 5.41 Å². The molecule has 0 saturated heterocycles. The van der Waals surface area contributed by atoms with Crippen LogP contribution >= 0.6 is 27.5 Å². The first-order valence-corrected chi connectivity index (χ1v) is 5.85. The van der Waals surface area contributed by atoms with E-state index in [0.29, 0.717) is 10.0 Å². The predicted octanol–water partition coefficient (Wildman–Crippen LogP) is 3.73. The van der Waals surface area contributed by atoms with E-state index in [0.717, 1.165) is 0 Å². The third-order valence-electron chi connectivity index (χ3n) is 1.60. The van der Waals surface area contributed by atoms with Crippen molar-refractivity contribution in [3.05, 3.63) is 27.5 Å². The van der Waals surface area contributed by atoms with Crippen molar-refractivity contribution in [3.8, 4) is 11.8 Å². The van der Waals surface area contributed by atoms with Gasteiger partial charge in [-0.3, -0.25) is 4.79 Å². The van der Waals surface area contributed by atoms with Crippen LogP contribution in [0.2, 0.25) is 5.15 Å². The van der Waals surface area contributed by atoms with Crippen molar-refractivity contribution in [3.63, 3.8) is 0 Å². The molecule has 0 atom stereocenters. The molecule has 1 rings (SSSR count). The molecule has 0 bridgehead atoms. The predicted molar refractivity (Wildman–Crippen MR) is 68.5 cm³/mol. The fourth-order valence-corrected chi connectivity index (χ4v) is 1.41. The Hall–Kier alpha value is -0.850. The minimum absolute atomic E-state index is 0.177. The first kappa shape index (κ1) is 13.2. The van der Waals surface area contributed by atoms with Gasteiger partial charge in [0.05, 0.1) is 5.56 Å². The molecule has 0 saturated carbocycles. The van der Waals surface area contributed by atoms with Crippen LogP contribution in [0.4, 0.5) is 0 Å². The van der Waals surface area contributed by atoms with Crippen LogP contribution < -0.4 is 0 Å². The second-order valence-corrected chi connectivity index (χ2v) is 5.59. The van der Waals surface area contributed by atoms with Crippen molar-refractivity contribution in [2.75, 3.05) is 0 Å². The van der Waals surface area contributed by atoms with Gasteiger partial charge in [-0.15, -0.1) is 0 Å². The molecule has 4 heteroatoms. The Morgan fingerprint density at radius 2 is 2.12 bits per heavy atom. The van der Waals surface area contributed by atoms with Crippen molar-refractivity contribution < 1.29 is 4.79 Å². The van der Waals surface area contributed by atoms with Gasteiger partial charge >= 0.3 is 0 Å². The maximum absolute atomic E-state index is 11.7. The highest BCUT2D eigenvalue weighted by atomic mass is 79.9. The molecule has 84 valence electrons. The summed E-state index contributed by atoms with van der Waals surface area (Å²) in [6.45, 7) is 5.82. The van der Waals surface area contributed by atoms with E-state index in [1.165, 1.54) is 6.20 Å². The number of ketones is 1. The molecule has 1 aromatic heterocycles. The van der Waals surface area contributed by atoms with Crippen LogP contribution in [0.15, 0.2) is 16.7 Å². The zero-order valence-corrected chi connectivity index (χ0v) is 11.6. The zero-order chi connectivity index (χ0) is 12.3. The molecule has 1 aromatic rings. The number of nitrogens with zero attached hydrogens (tertiary/aromatic N) is 1. The molecular weight excluding hydrogens is 289 g/mol. The average molecular weight is 301 g/mol. The van der Waals surface area contributed by atoms with E-state index in [1.54, 1.807) is 6.07 Å². The van der Waals surface area contributed by atoms with E-state index in [1.807, 2.05) is 20.8 Å². The van der Waals surface area contributed by atoms with Gasteiger partial charge in [-0.05, 0) is 48.7 Å². The molecular formula is C12H11BrClNO. The lowest BCUT2D eigenvalue weighted by Crippen LogP contribution is -2.03. The maximum Gasteiger partial charge on any atom is 0.239 e. The standard InChI is InChI=1S/C12H11BrClNO/c1-12(2,3)5-4-10(16)9-6-8(13)7-15-11(9)14/h6-7H,1-3H3. The Morgan fingerprint density at radius 1 is 1.50 bits per heavy atom. The minimum Gasteiger partial charge on any atom is -0.279 e. The summed E-state index contributed by atoms with van der Waals surface area (Å²) in [5.41, 5.74) is 0.120. The number of Topliss-reactive ketones (excluding diaryl/α,β-unsaturated/α-hetero) is 1. The van der Waals surface area contributed by atoms with Gasteiger partial charge in [-0.25, -0.2) is 4.98 Å². The fraction of sp³-hybridized carbons (Fsp3) is 0.333. The van der Waals surface area contributed by atoms with Gasteiger partial charge in [-0.2, -0.15) is 0 Å². The highest BCUT2D eigenvalue weighted by Crippen LogP contribution is 2.18. The molecule has 0 unspecified atom stereocenters. The summed E-state index contributed by atoms with van der Waals surface area (Å²) in [7, 11) is 0. The number of pyridine rings is 1. The Kier molecular flexibility index (Phi) is 4.12. The average Bonchev–Trinajstić information content (AvgIpc) is 2.17. The lowest BCUT2D eigenvalue weighted by Gasteiger charge is -2.06. The van der Waals surface area contributed by atoms with Crippen LogP contribution in [0.3, 0.4) is 0 Å². The smallest absolute Gasteiger partial charge is 0.239 e. The Labute approximate surface area is 109 Å². The Balaban J connectivity index is 3.05. The monoisotopic (exact) mass is 299 g/mol. The Morgan fingerprint density at radius 3 is 2.69 bits per heavy atom. The van der Waals surface area contributed by atoms with Crippen molar-refractivity contribution in [1.29, 1.82) is 0 Å². The number of carbonyl (C=O) groups excluding carboxylic acids is 1. The van der Waals surface area contributed by atoms with Gasteiger partial charge in [-0.1, -0.05) is 17.5 Å². The van der Waals surface area contributed by atoms with Gasteiger partial charge in [0.15, 0.2) is 0 Å². The van der Waals surface area contributed by atoms with Crippen molar-refractivity contribution >= 4 is 33.3 Å². The second kappa shape index (κ2) is 4.99. The van der Waals surface area contributed by atoms with Gasteiger partial charge in [0.25, 0.3) is 0 Å². The molecule has 0 spiro atoms. The van der Waals surface area contributed by atoms with Crippen LogP contribution in [0.5, 0.6) is 0 Å². The van der Waals surface area contributed by atoms with Gasteiger partial charge in [0.2, 0.25) is 5.78 Å². The first-order chi connectivity index (χ1) is 7.29. The molecule has 0 N–H and O–H groups in total. The molecule has 0 radical (unpaired) electrons. The summed E-state index contributed by atoms with van der Waals surface area (Å²) in [6.07, 6.45) is 1.54. The number of aromatic nitrogens is 1. The van der Waals surface area contributed by atoms with Crippen LogP contribution in [0.25, 0.3) is 0 Å². The number of hydrogen-bond acceptors (Lipinski definition) is 2. The lowest BCUT2D eigenvalue weighted by molar-refractivity contribution is 0.105. The van der Waals surface area contributed by atoms with Crippen LogP contribution in [-0.4, -0.2) is 10.8 Å². The Bertz CT molecular complexity index is 480. The number of rotatable bonds is 1. The normalized spacial score (nSPS) is 10.6. The number of halogens is 2. The molecule has 16 heavy (non-hydrogen) atoms. The van der Waals surface area contributed by atoms with E-state index >= 15 is 0 Å². The van der Waals surface area contributed by atoms with E-state index in [-0.39, 0.29) is 16.4 Å². The van der Waals surface area contributed by atoms with Gasteiger partial charge in [0, 0.05) is 16.1 Å². The zero-order valence-electron chi connectivity index (χ0n) is 9.27. The summed E-state index contributed by atoms with van der Waals surface area (Å²) in [4.78, 5) is 15.6. The fourth-order valence-electron chi connectivity index (χ4n) is 0.893. The maximum atomic E-state index is 11.7. The topological polar surface area (TPSA) is 30.0 Å². The molecule has 0 fully saturated rings. The first-order valence-electron chi connectivity index (χ1n) is 4.68. The lowest BCUT2D eigenvalue weighted by atomic mass is 9.97. The van der Waals surface area contributed by atoms with E-state index in [9.17, 15) is 4.79 Å². The minimum atomic E-state index is -0.311. The highest BCUT2D eigenvalue weighted by Gasteiger charge is 2.11. The molecule has 0 aliphatic carbocycles. The summed E-state index contributed by atoms with van der Waals surface area (Å²) in [5.74, 6) is 5.13. The third-order valence-corrected chi connectivity index (χ3v) is 2.34. The SMILES string of the molecule is CC(C)(C)C#CC(=O)c1cc(Br)cnc1Cl. The highest BCUT2D eigenvalue weighted by molar-refractivity contribution is 9.10.